The molecule has 1 aliphatic heterocycles. The minimum atomic E-state index is 0. The van der Waals surface area contributed by atoms with Crippen LogP contribution in [-0.2, 0) is 13.0 Å². The summed E-state index contributed by atoms with van der Waals surface area (Å²) < 4.78 is 0. The van der Waals surface area contributed by atoms with E-state index in [2.05, 4.69) is 53.3 Å². The van der Waals surface area contributed by atoms with E-state index in [9.17, 15) is 0 Å². The molecule has 0 saturated heterocycles. The zero-order valence-corrected chi connectivity index (χ0v) is 15.8. The van der Waals surface area contributed by atoms with Gasteiger partial charge in [-0.25, -0.2) is 0 Å². The fourth-order valence-electron chi connectivity index (χ4n) is 2.87. The van der Waals surface area contributed by atoms with Crippen LogP contribution in [0.4, 0.5) is 0 Å². The van der Waals surface area contributed by atoms with Gasteiger partial charge in [0.15, 0.2) is 5.96 Å². The van der Waals surface area contributed by atoms with Crippen molar-refractivity contribution in [1.29, 1.82) is 0 Å². The van der Waals surface area contributed by atoms with Crippen molar-refractivity contribution in [2.24, 2.45) is 10.7 Å². The second kappa shape index (κ2) is 7.17. The van der Waals surface area contributed by atoms with Gasteiger partial charge in [0, 0.05) is 24.7 Å². The number of guanidine groups is 1. The Labute approximate surface area is 150 Å². The van der Waals surface area contributed by atoms with Gasteiger partial charge in [-0.1, -0.05) is 24.3 Å². The standard InChI is InChI=1S/C17H26N4.HI/c1-17(2,12-19-16(18)20-15-7-8-15)21-10-9-13-5-3-4-6-14(13)11-21;/h3-6,15H,7-12H2,1-2H3,(H3,18,19,20);1H. The third kappa shape index (κ3) is 4.35. The Bertz CT molecular complexity index is 537. The highest BCUT2D eigenvalue weighted by Crippen LogP contribution is 2.25. The van der Waals surface area contributed by atoms with E-state index in [1.54, 1.807) is 0 Å². The van der Waals surface area contributed by atoms with Crippen LogP contribution in [0.2, 0.25) is 0 Å². The molecule has 4 nitrogen and oxygen atoms in total. The van der Waals surface area contributed by atoms with Crippen molar-refractivity contribution in [1.82, 2.24) is 10.2 Å². The number of nitrogens with one attached hydrogen (secondary N) is 1. The first-order valence-corrected chi connectivity index (χ1v) is 7.93. The van der Waals surface area contributed by atoms with Crippen molar-refractivity contribution in [2.75, 3.05) is 13.1 Å². The molecule has 1 fully saturated rings. The maximum absolute atomic E-state index is 5.95. The van der Waals surface area contributed by atoms with E-state index < -0.39 is 0 Å². The third-order valence-electron chi connectivity index (χ3n) is 4.55. The molecule has 122 valence electrons. The van der Waals surface area contributed by atoms with Crippen LogP contribution in [0.15, 0.2) is 29.3 Å². The zero-order chi connectivity index (χ0) is 14.9. The van der Waals surface area contributed by atoms with Crippen LogP contribution in [0.3, 0.4) is 0 Å². The fraction of sp³-hybridized carbons (Fsp3) is 0.588. The summed E-state index contributed by atoms with van der Waals surface area (Å²) in [6.07, 6.45) is 3.57. The molecule has 0 radical (unpaired) electrons. The van der Waals surface area contributed by atoms with Gasteiger partial charge in [0.1, 0.15) is 0 Å². The van der Waals surface area contributed by atoms with E-state index in [1.807, 2.05) is 0 Å². The smallest absolute Gasteiger partial charge is 0.188 e. The number of rotatable bonds is 4. The Kier molecular flexibility index (Phi) is 5.71. The number of nitrogens with zero attached hydrogens (tertiary/aromatic N) is 2. The minimum absolute atomic E-state index is 0. The Balaban J connectivity index is 0.00000176. The first kappa shape index (κ1) is 17.5. The Morgan fingerprint density at radius 2 is 2.00 bits per heavy atom. The fourth-order valence-corrected chi connectivity index (χ4v) is 2.87. The Morgan fingerprint density at radius 1 is 1.32 bits per heavy atom. The largest absolute Gasteiger partial charge is 0.370 e. The van der Waals surface area contributed by atoms with E-state index in [0.717, 1.165) is 26.1 Å². The quantitative estimate of drug-likeness (QED) is 0.452. The summed E-state index contributed by atoms with van der Waals surface area (Å²) in [6.45, 7) is 7.36. The van der Waals surface area contributed by atoms with Gasteiger partial charge in [0.25, 0.3) is 0 Å². The predicted molar refractivity (Wildman–Crippen MR) is 103 cm³/mol. The average molecular weight is 414 g/mol. The molecule has 2 aliphatic rings. The summed E-state index contributed by atoms with van der Waals surface area (Å²) in [6, 6.07) is 9.32. The van der Waals surface area contributed by atoms with E-state index >= 15 is 0 Å². The second-order valence-electron chi connectivity index (χ2n) is 6.87. The number of aliphatic imine (C=N–C) groups is 1. The molecule has 0 spiro atoms. The topological polar surface area (TPSA) is 53.6 Å². The SMILES string of the molecule is CC(C)(CN=C(N)NC1CC1)N1CCc2ccccc2C1.I. The normalized spacial score (nSPS) is 19.3. The predicted octanol–water partition coefficient (Wildman–Crippen LogP) is 2.51. The summed E-state index contributed by atoms with van der Waals surface area (Å²) in [5, 5.41) is 3.25. The molecule has 0 bridgehead atoms. The van der Waals surface area contributed by atoms with Crippen molar-refractivity contribution < 1.29 is 0 Å². The highest BCUT2D eigenvalue weighted by Gasteiger charge is 2.29. The van der Waals surface area contributed by atoms with Gasteiger partial charge in [-0.3, -0.25) is 9.89 Å². The number of hydrogen-bond acceptors (Lipinski definition) is 2. The first-order chi connectivity index (χ1) is 10.0. The molecule has 1 aliphatic carbocycles. The Hall–Kier alpha value is -0.820. The van der Waals surface area contributed by atoms with Gasteiger partial charge in [0.05, 0.1) is 6.54 Å². The van der Waals surface area contributed by atoms with E-state index in [0.29, 0.717) is 12.0 Å². The van der Waals surface area contributed by atoms with E-state index in [4.69, 9.17) is 5.73 Å². The van der Waals surface area contributed by atoms with Gasteiger partial charge >= 0.3 is 0 Å². The molecule has 0 atom stereocenters. The molecule has 0 amide bonds. The summed E-state index contributed by atoms with van der Waals surface area (Å²) in [4.78, 5) is 7.07. The van der Waals surface area contributed by atoms with Gasteiger partial charge in [0.2, 0.25) is 0 Å². The van der Waals surface area contributed by atoms with Crippen LogP contribution >= 0.6 is 24.0 Å². The number of fused-ring (bicyclic) bond motifs is 1. The van der Waals surface area contributed by atoms with Crippen LogP contribution in [-0.4, -0.2) is 35.5 Å². The molecule has 1 saturated carbocycles. The molecule has 1 heterocycles. The highest BCUT2D eigenvalue weighted by atomic mass is 127. The number of benzene rings is 1. The van der Waals surface area contributed by atoms with Gasteiger partial charge in [-0.15, -0.1) is 24.0 Å². The maximum Gasteiger partial charge on any atom is 0.188 e. The molecule has 3 rings (SSSR count). The lowest BCUT2D eigenvalue weighted by Crippen LogP contribution is -2.49. The summed E-state index contributed by atoms with van der Waals surface area (Å²) in [7, 11) is 0. The molecule has 0 unspecified atom stereocenters. The lowest BCUT2D eigenvalue weighted by Gasteiger charge is -2.40. The van der Waals surface area contributed by atoms with Crippen LogP contribution in [0.5, 0.6) is 0 Å². The molecular formula is C17H27IN4. The zero-order valence-electron chi connectivity index (χ0n) is 13.5. The van der Waals surface area contributed by atoms with Crippen LogP contribution < -0.4 is 11.1 Å². The molecule has 1 aromatic carbocycles. The summed E-state index contributed by atoms with van der Waals surface area (Å²) >= 11 is 0. The van der Waals surface area contributed by atoms with Crippen LogP contribution in [0.1, 0.15) is 37.8 Å². The van der Waals surface area contributed by atoms with E-state index in [-0.39, 0.29) is 29.5 Å². The molecule has 22 heavy (non-hydrogen) atoms. The van der Waals surface area contributed by atoms with Crippen molar-refractivity contribution >= 4 is 29.9 Å². The third-order valence-corrected chi connectivity index (χ3v) is 4.55. The molecule has 0 aromatic heterocycles. The first-order valence-electron chi connectivity index (χ1n) is 7.93. The highest BCUT2D eigenvalue weighted by molar-refractivity contribution is 14.0. The maximum atomic E-state index is 5.95. The van der Waals surface area contributed by atoms with Crippen molar-refractivity contribution in [3.05, 3.63) is 35.4 Å². The number of halogens is 1. The molecule has 3 N–H and O–H groups in total. The molecule has 5 heteroatoms. The molecular weight excluding hydrogens is 387 g/mol. The number of nitrogens with two attached hydrogens (primary N) is 1. The van der Waals surface area contributed by atoms with E-state index in [1.165, 1.54) is 24.0 Å². The summed E-state index contributed by atoms with van der Waals surface area (Å²) in [5.74, 6) is 0.600. The van der Waals surface area contributed by atoms with Gasteiger partial charge in [-0.05, 0) is 44.2 Å². The number of hydrogen-bond donors (Lipinski definition) is 2. The van der Waals surface area contributed by atoms with Crippen molar-refractivity contribution in [3.8, 4) is 0 Å². The lowest BCUT2D eigenvalue weighted by molar-refractivity contribution is 0.112. The van der Waals surface area contributed by atoms with Crippen LogP contribution in [0.25, 0.3) is 0 Å². The van der Waals surface area contributed by atoms with Crippen molar-refractivity contribution in [2.45, 2.75) is 51.2 Å². The van der Waals surface area contributed by atoms with Crippen molar-refractivity contribution in [3.63, 3.8) is 0 Å². The average Bonchev–Trinajstić information content (AvgIpc) is 3.29. The second-order valence-corrected chi connectivity index (χ2v) is 6.87. The monoisotopic (exact) mass is 414 g/mol. The lowest BCUT2D eigenvalue weighted by atomic mass is 9.94. The van der Waals surface area contributed by atoms with Gasteiger partial charge < -0.3 is 11.1 Å². The Morgan fingerprint density at radius 3 is 2.68 bits per heavy atom. The van der Waals surface area contributed by atoms with Crippen LogP contribution in [0, 0.1) is 0 Å². The minimum Gasteiger partial charge on any atom is -0.370 e. The molecule has 1 aromatic rings. The summed E-state index contributed by atoms with van der Waals surface area (Å²) in [5.41, 5.74) is 8.92. The van der Waals surface area contributed by atoms with Gasteiger partial charge in [-0.2, -0.15) is 0 Å².